The number of hydrogen-bond acceptors (Lipinski definition) is 1. The van der Waals surface area contributed by atoms with Crippen LogP contribution in [0.2, 0.25) is 19.6 Å². The van der Waals surface area contributed by atoms with Gasteiger partial charge in [-0.2, -0.15) is 0 Å². The second-order valence-electron chi connectivity index (χ2n) is 6.72. The van der Waals surface area contributed by atoms with Gasteiger partial charge in [-0.25, -0.2) is 4.98 Å². The highest BCUT2D eigenvalue weighted by Crippen LogP contribution is 2.21. The minimum atomic E-state index is -1.23. The summed E-state index contributed by atoms with van der Waals surface area (Å²) in [5.41, 5.74) is 4.58. The Kier molecular flexibility index (Phi) is 3.42. The minimum Gasteiger partial charge on any atom is -0.248 e. The van der Waals surface area contributed by atoms with Gasteiger partial charge in [0, 0.05) is 10.9 Å². The Hall–Kier alpha value is -1.93. The molecule has 3 rings (SSSR count). The zero-order valence-corrected chi connectivity index (χ0v) is 14.1. The van der Waals surface area contributed by atoms with Gasteiger partial charge in [-0.05, 0) is 25.1 Å². The van der Waals surface area contributed by atoms with E-state index in [1.807, 2.05) is 0 Å². The molecule has 1 heterocycles. The van der Waals surface area contributed by atoms with Crippen molar-refractivity contribution in [3.63, 3.8) is 0 Å². The largest absolute Gasteiger partial charge is 0.248 e. The summed E-state index contributed by atoms with van der Waals surface area (Å²) in [7, 11) is -1.23. The van der Waals surface area contributed by atoms with E-state index in [1.54, 1.807) is 0 Å². The molecule has 0 saturated carbocycles. The molecule has 0 spiro atoms. The molecule has 3 aromatic rings. The van der Waals surface area contributed by atoms with E-state index < -0.39 is 8.07 Å². The van der Waals surface area contributed by atoms with Crippen LogP contribution in [-0.4, -0.2) is 13.1 Å². The van der Waals surface area contributed by atoms with Crippen molar-refractivity contribution in [2.24, 2.45) is 0 Å². The van der Waals surface area contributed by atoms with Crippen LogP contribution in [0.1, 0.15) is 5.56 Å². The van der Waals surface area contributed by atoms with Crippen LogP contribution in [0.5, 0.6) is 0 Å². The topological polar surface area (TPSA) is 12.9 Å². The standard InChI is InChI=1S/C19H21NSi/c1-14-5-11-19-16(13-14)8-12-18(20-19)15-6-9-17(10-7-15)21(2,3)4/h5-13H,1-4H3. The Morgan fingerprint density at radius 1 is 0.810 bits per heavy atom. The molecular formula is C19H21NSi. The Bertz CT molecular complexity index is 783. The first-order chi connectivity index (χ1) is 9.93. The van der Waals surface area contributed by atoms with Crippen LogP contribution in [0.4, 0.5) is 0 Å². The van der Waals surface area contributed by atoms with Crippen molar-refractivity contribution in [1.82, 2.24) is 4.98 Å². The predicted molar refractivity (Wildman–Crippen MR) is 94.9 cm³/mol. The lowest BCUT2D eigenvalue weighted by atomic mass is 10.1. The Balaban J connectivity index is 2.02. The second-order valence-corrected chi connectivity index (χ2v) is 11.8. The van der Waals surface area contributed by atoms with Gasteiger partial charge in [-0.15, -0.1) is 0 Å². The molecule has 1 nitrogen and oxygen atoms in total. The van der Waals surface area contributed by atoms with E-state index >= 15 is 0 Å². The van der Waals surface area contributed by atoms with E-state index in [9.17, 15) is 0 Å². The molecule has 0 aliphatic heterocycles. The smallest absolute Gasteiger partial charge is 0.0775 e. The maximum Gasteiger partial charge on any atom is 0.0775 e. The van der Waals surface area contributed by atoms with Crippen molar-refractivity contribution >= 4 is 24.2 Å². The maximum absolute atomic E-state index is 4.79. The third-order valence-corrected chi connectivity index (χ3v) is 5.96. The van der Waals surface area contributed by atoms with E-state index in [2.05, 4.69) is 81.2 Å². The monoisotopic (exact) mass is 291 g/mol. The summed E-state index contributed by atoms with van der Waals surface area (Å²) in [6.45, 7) is 9.23. The van der Waals surface area contributed by atoms with Crippen molar-refractivity contribution in [3.05, 3.63) is 60.2 Å². The number of fused-ring (bicyclic) bond motifs is 1. The summed E-state index contributed by atoms with van der Waals surface area (Å²) in [6, 6.07) is 19.6. The average Bonchev–Trinajstić information content (AvgIpc) is 2.46. The normalized spacial score (nSPS) is 11.8. The van der Waals surface area contributed by atoms with Gasteiger partial charge in [0.2, 0.25) is 0 Å². The lowest BCUT2D eigenvalue weighted by molar-refractivity contribution is 1.39. The molecule has 21 heavy (non-hydrogen) atoms. The molecule has 0 radical (unpaired) electrons. The van der Waals surface area contributed by atoms with Crippen LogP contribution in [0.15, 0.2) is 54.6 Å². The predicted octanol–water partition coefficient (Wildman–Crippen LogP) is 4.76. The van der Waals surface area contributed by atoms with Gasteiger partial charge >= 0.3 is 0 Å². The Labute approximate surface area is 127 Å². The highest BCUT2D eigenvalue weighted by molar-refractivity contribution is 6.88. The molecular weight excluding hydrogens is 270 g/mol. The van der Waals surface area contributed by atoms with E-state index in [-0.39, 0.29) is 0 Å². The zero-order valence-electron chi connectivity index (χ0n) is 13.1. The fraction of sp³-hybridized carbons (Fsp3) is 0.211. The third-order valence-electron chi connectivity index (χ3n) is 3.89. The van der Waals surface area contributed by atoms with Crippen LogP contribution in [-0.2, 0) is 0 Å². The molecule has 2 heteroatoms. The highest BCUT2D eigenvalue weighted by Gasteiger charge is 2.15. The first-order valence-corrected chi connectivity index (χ1v) is 10.9. The van der Waals surface area contributed by atoms with E-state index in [4.69, 9.17) is 4.98 Å². The van der Waals surface area contributed by atoms with Gasteiger partial charge in [0.05, 0.1) is 19.3 Å². The van der Waals surface area contributed by atoms with Crippen LogP contribution in [0.25, 0.3) is 22.2 Å². The molecule has 0 unspecified atom stereocenters. The molecule has 0 amide bonds. The number of aromatic nitrogens is 1. The molecule has 0 N–H and O–H groups in total. The number of nitrogens with zero attached hydrogens (tertiary/aromatic N) is 1. The van der Waals surface area contributed by atoms with Gasteiger partial charge in [0.1, 0.15) is 0 Å². The lowest BCUT2D eigenvalue weighted by Crippen LogP contribution is -2.37. The average molecular weight is 291 g/mol. The number of pyridine rings is 1. The summed E-state index contributed by atoms with van der Waals surface area (Å²) in [5.74, 6) is 0. The number of benzene rings is 2. The summed E-state index contributed by atoms with van der Waals surface area (Å²) in [5, 5.41) is 2.69. The van der Waals surface area contributed by atoms with Gasteiger partial charge in [0.25, 0.3) is 0 Å². The van der Waals surface area contributed by atoms with Crippen molar-refractivity contribution in [2.45, 2.75) is 26.6 Å². The molecule has 0 atom stereocenters. The van der Waals surface area contributed by atoms with E-state index in [1.165, 1.54) is 21.7 Å². The summed E-state index contributed by atoms with van der Waals surface area (Å²) in [6.07, 6.45) is 0. The van der Waals surface area contributed by atoms with Crippen LogP contribution in [0, 0.1) is 6.92 Å². The fourth-order valence-corrected chi connectivity index (χ4v) is 3.71. The molecule has 0 fully saturated rings. The fourth-order valence-electron chi connectivity index (χ4n) is 2.55. The van der Waals surface area contributed by atoms with Gasteiger partial charge < -0.3 is 0 Å². The van der Waals surface area contributed by atoms with Crippen LogP contribution < -0.4 is 5.19 Å². The first-order valence-electron chi connectivity index (χ1n) is 7.42. The zero-order chi connectivity index (χ0) is 15.0. The first kappa shape index (κ1) is 14.0. The molecule has 106 valence electrons. The number of rotatable bonds is 2. The molecule has 0 aliphatic carbocycles. The third kappa shape index (κ3) is 2.91. The van der Waals surface area contributed by atoms with Crippen molar-refractivity contribution in [2.75, 3.05) is 0 Å². The molecule has 0 bridgehead atoms. The summed E-state index contributed by atoms with van der Waals surface area (Å²) < 4.78 is 0. The molecule has 2 aromatic carbocycles. The van der Waals surface area contributed by atoms with Crippen LogP contribution in [0.3, 0.4) is 0 Å². The highest BCUT2D eigenvalue weighted by atomic mass is 28.3. The van der Waals surface area contributed by atoms with Gasteiger partial charge in [0.15, 0.2) is 0 Å². The number of hydrogen-bond donors (Lipinski definition) is 0. The molecule has 0 aliphatic rings. The van der Waals surface area contributed by atoms with Crippen molar-refractivity contribution < 1.29 is 0 Å². The second kappa shape index (κ2) is 5.12. The minimum absolute atomic E-state index is 1.05. The molecule has 0 saturated heterocycles. The lowest BCUT2D eigenvalue weighted by Gasteiger charge is -2.16. The summed E-state index contributed by atoms with van der Waals surface area (Å²) >= 11 is 0. The summed E-state index contributed by atoms with van der Waals surface area (Å²) in [4.78, 5) is 4.79. The van der Waals surface area contributed by atoms with Gasteiger partial charge in [-0.3, -0.25) is 0 Å². The number of aryl methyl sites for hydroxylation is 1. The SMILES string of the molecule is Cc1ccc2nc(-c3ccc([Si](C)(C)C)cc3)ccc2c1. The van der Waals surface area contributed by atoms with Crippen molar-refractivity contribution in [3.8, 4) is 11.3 Å². The Morgan fingerprint density at radius 3 is 2.19 bits per heavy atom. The van der Waals surface area contributed by atoms with E-state index in [0.717, 1.165) is 11.2 Å². The van der Waals surface area contributed by atoms with E-state index in [0.29, 0.717) is 0 Å². The van der Waals surface area contributed by atoms with Gasteiger partial charge in [-0.1, -0.05) is 66.8 Å². The Morgan fingerprint density at radius 2 is 1.52 bits per heavy atom. The van der Waals surface area contributed by atoms with Crippen molar-refractivity contribution in [1.29, 1.82) is 0 Å². The quantitative estimate of drug-likeness (QED) is 0.621. The van der Waals surface area contributed by atoms with Crippen LogP contribution >= 0.6 is 0 Å². The maximum atomic E-state index is 4.79. The molecule has 1 aromatic heterocycles.